The summed E-state index contributed by atoms with van der Waals surface area (Å²) in [6.45, 7) is 20.4. The van der Waals surface area contributed by atoms with Gasteiger partial charge < -0.3 is 14.7 Å². The molecule has 2 saturated carbocycles. The molecule has 0 spiro atoms. The third kappa shape index (κ3) is 4.23. The quantitative estimate of drug-likeness (QED) is 0.160. The largest absolute Gasteiger partial charge is 0.312 e. The van der Waals surface area contributed by atoms with Gasteiger partial charge in [0.15, 0.2) is 0 Å². The van der Waals surface area contributed by atoms with E-state index in [1.54, 1.807) is 66.4 Å². The number of aryl methyl sites for hydroxylation is 4. The molecule has 69 heavy (non-hydrogen) atoms. The molecular weight excluding hydrogens is 832 g/mol. The zero-order valence-electron chi connectivity index (χ0n) is 41.6. The van der Waals surface area contributed by atoms with E-state index in [0.717, 1.165) is 0 Å². The lowest BCUT2D eigenvalue weighted by atomic mass is 9.23. The van der Waals surface area contributed by atoms with Crippen LogP contribution >= 0.6 is 0 Å². The van der Waals surface area contributed by atoms with Crippen LogP contribution in [0.1, 0.15) is 169 Å². The molecule has 6 aliphatic carbocycles. The van der Waals surface area contributed by atoms with Crippen LogP contribution in [-0.2, 0) is 10.8 Å². The van der Waals surface area contributed by atoms with Crippen LogP contribution in [0.4, 0.5) is 51.2 Å². The Bertz CT molecular complexity index is 3360. The molecule has 7 aromatic carbocycles. The molecule has 2 fully saturated rings. The first kappa shape index (κ1) is 38.9. The van der Waals surface area contributed by atoms with Crippen LogP contribution in [0.5, 0.6) is 0 Å². The maximum absolute atomic E-state index is 2.87. The van der Waals surface area contributed by atoms with Gasteiger partial charge in [-0.3, -0.25) is 0 Å². The molecule has 0 radical (unpaired) electrons. The average Bonchev–Trinajstić information content (AvgIpc) is 3.35. The van der Waals surface area contributed by atoms with E-state index in [1.165, 1.54) is 136 Å². The molecule has 336 valence electrons. The van der Waals surface area contributed by atoms with Crippen molar-refractivity contribution in [2.75, 3.05) is 14.7 Å². The minimum absolute atomic E-state index is 0.162. The fraction of sp³-hybridized carbons (Fsp3) is 0.344. The van der Waals surface area contributed by atoms with Crippen molar-refractivity contribution < 1.29 is 0 Å². The van der Waals surface area contributed by atoms with Gasteiger partial charge in [-0.1, -0.05) is 82.3 Å². The maximum atomic E-state index is 2.87. The number of anilines is 9. The average molecular weight is 892 g/mol. The number of rotatable bonds is 2. The number of hydrogen-bond acceptors (Lipinski definition) is 3. The van der Waals surface area contributed by atoms with Crippen molar-refractivity contribution >= 4 is 97.4 Å². The number of para-hydroxylation sites is 2. The van der Waals surface area contributed by atoms with E-state index in [4.69, 9.17) is 0 Å². The Morgan fingerprint density at radius 2 is 0.710 bits per heavy atom. The highest BCUT2D eigenvalue weighted by Gasteiger charge is 2.60. The number of nitrogens with zero attached hydrogens (tertiary/aromatic N) is 3. The van der Waals surface area contributed by atoms with Gasteiger partial charge in [0.2, 0.25) is 0 Å². The minimum atomic E-state index is -0.198. The maximum Gasteiger partial charge on any atom is 0.252 e. The van der Waals surface area contributed by atoms with Gasteiger partial charge in [0.1, 0.15) is 0 Å². The SMILES string of the molecule is Cc1cccc(C)c1N1c2cccc3c2B2c4c(cc5c6c4N3c3cccc4c3B6c3c(cc6c(c3C5(C)C)C3CCC6CC3)N4c3c(C)cccc3C)C(C)(C)c3c2c1cc1c3C2CCC1CC2. The molecule has 7 aromatic rings. The fourth-order valence-electron chi connectivity index (χ4n) is 18.3. The Balaban J connectivity index is 1.06. The summed E-state index contributed by atoms with van der Waals surface area (Å²) in [7, 11) is 0. The van der Waals surface area contributed by atoms with Gasteiger partial charge in [0, 0.05) is 50.6 Å². The molecule has 6 aliphatic heterocycles. The second kappa shape index (κ2) is 12.3. The molecule has 0 N–H and O–H groups in total. The summed E-state index contributed by atoms with van der Waals surface area (Å²) in [6.07, 6.45) is 10.7. The molecule has 0 amide bonds. The Kier molecular flexibility index (Phi) is 6.94. The number of fused-ring (bicyclic) bond motifs is 6. The van der Waals surface area contributed by atoms with Crippen LogP contribution in [0.2, 0.25) is 0 Å². The topological polar surface area (TPSA) is 9.72 Å². The standard InChI is InChI=1S/C64H59B2N3/c1-32-13-9-14-33(2)60(32)68-46-19-11-17-44-56(46)65-54-42(63(5,6)52-50-38-25-21-36(22-26-38)40(50)29-48(68)58(52)65)31-43-55-62(54)67(44)45-18-12-20-47-57(45)66(55)59-49(69(47)61-34(3)15-10-16-35(61)4)30-41-37-23-27-39(28-24-37)51(41)53(59)64(43,7)8/h9-20,29-31,36-39H,21-28H2,1-8H3. The van der Waals surface area contributed by atoms with Crippen LogP contribution < -0.4 is 47.5 Å². The minimum Gasteiger partial charge on any atom is -0.312 e. The van der Waals surface area contributed by atoms with E-state index in [2.05, 4.69) is 161 Å². The Labute approximate surface area is 409 Å². The van der Waals surface area contributed by atoms with Crippen molar-refractivity contribution in [2.24, 2.45) is 0 Å². The predicted molar refractivity (Wildman–Crippen MR) is 291 cm³/mol. The van der Waals surface area contributed by atoms with Crippen LogP contribution in [0.3, 0.4) is 0 Å². The molecule has 3 nitrogen and oxygen atoms in total. The van der Waals surface area contributed by atoms with Gasteiger partial charge >= 0.3 is 0 Å². The van der Waals surface area contributed by atoms with E-state index in [-0.39, 0.29) is 24.3 Å². The first-order valence-electron chi connectivity index (χ1n) is 26.9. The zero-order valence-corrected chi connectivity index (χ0v) is 41.6. The summed E-state index contributed by atoms with van der Waals surface area (Å²) in [4.78, 5) is 8.38. The Hall–Kier alpha value is -5.93. The highest BCUT2D eigenvalue weighted by Crippen LogP contribution is 2.61. The third-order valence-corrected chi connectivity index (χ3v) is 20.8. The second-order valence-corrected chi connectivity index (χ2v) is 24.6. The highest BCUT2D eigenvalue weighted by atomic mass is 15.2. The summed E-state index contributed by atoms with van der Waals surface area (Å²) < 4.78 is 0. The van der Waals surface area contributed by atoms with Gasteiger partial charge in [0.25, 0.3) is 13.4 Å². The van der Waals surface area contributed by atoms with Crippen LogP contribution in [-0.4, -0.2) is 13.4 Å². The van der Waals surface area contributed by atoms with E-state index in [0.29, 0.717) is 23.7 Å². The summed E-state index contributed by atoms with van der Waals surface area (Å²) in [6, 6.07) is 37.1. The van der Waals surface area contributed by atoms with Crippen LogP contribution in [0, 0.1) is 27.7 Å². The van der Waals surface area contributed by atoms with Crippen molar-refractivity contribution in [1.29, 1.82) is 0 Å². The number of benzene rings is 7. The van der Waals surface area contributed by atoms with Crippen LogP contribution in [0.15, 0.2) is 91.0 Å². The lowest BCUT2D eigenvalue weighted by Crippen LogP contribution is -2.74. The molecule has 19 rings (SSSR count). The zero-order chi connectivity index (χ0) is 46.0. The van der Waals surface area contributed by atoms with Crippen molar-refractivity contribution in [1.82, 2.24) is 0 Å². The molecular formula is C64H59B2N3. The first-order chi connectivity index (χ1) is 33.4. The normalized spacial score (nSPS) is 23.6. The lowest BCUT2D eigenvalue weighted by molar-refractivity contribution is 0.353. The molecule has 0 atom stereocenters. The molecule has 6 heterocycles. The summed E-state index contributed by atoms with van der Waals surface area (Å²) in [5.74, 6) is 2.58. The van der Waals surface area contributed by atoms with Gasteiger partial charge in [-0.2, -0.15) is 0 Å². The number of hydrogen-bond donors (Lipinski definition) is 0. The van der Waals surface area contributed by atoms with E-state index >= 15 is 0 Å². The van der Waals surface area contributed by atoms with Crippen molar-refractivity contribution in [3.63, 3.8) is 0 Å². The van der Waals surface area contributed by atoms with Gasteiger partial charge in [-0.15, -0.1) is 0 Å². The second-order valence-electron chi connectivity index (χ2n) is 24.6. The van der Waals surface area contributed by atoms with Crippen molar-refractivity contribution in [3.05, 3.63) is 158 Å². The molecule has 0 unspecified atom stereocenters. The molecule has 4 bridgehead atoms. The highest BCUT2D eigenvalue weighted by molar-refractivity contribution is 7.05. The summed E-state index contributed by atoms with van der Waals surface area (Å²) in [5, 5.41) is 0. The predicted octanol–water partition coefficient (Wildman–Crippen LogP) is 12.4. The van der Waals surface area contributed by atoms with Gasteiger partial charge in [-0.05, 0) is 239 Å². The van der Waals surface area contributed by atoms with E-state index in [9.17, 15) is 0 Å². The Morgan fingerprint density at radius 3 is 1.09 bits per heavy atom. The van der Waals surface area contributed by atoms with E-state index in [1.807, 2.05) is 0 Å². The smallest absolute Gasteiger partial charge is 0.252 e. The van der Waals surface area contributed by atoms with Crippen molar-refractivity contribution in [2.45, 2.75) is 141 Å². The molecule has 0 saturated heterocycles. The summed E-state index contributed by atoms with van der Waals surface area (Å²) >= 11 is 0. The van der Waals surface area contributed by atoms with E-state index < -0.39 is 0 Å². The molecule has 12 aliphatic rings. The Morgan fingerprint density at radius 1 is 0.377 bits per heavy atom. The third-order valence-electron chi connectivity index (χ3n) is 20.8. The molecule has 0 aromatic heterocycles. The lowest BCUT2D eigenvalue weighted by Gasteiger charge is -2.58. The van der Waals surface area contributed by atoms with Crippen LogP contribution in [0.25, 0.3) is 0 Å². The molecule has 5 heteroatoms. The van der Waals surface area contributed by atoms with Gasteiger partial charge in [-0.25, -0.2) is 0 Å². The van der Waals surface area contributed by atoms with Gasteiger partial charge in [0.05, 0.1) is 11.4 Å². The van der Waals surface area contributed by atoms with Crippen molar-refractivity contribution in [3.8, 4) is 0 Å². The monoisotopic (exact) mass is 891 g/mol. The fourth-order valence-corrected chi connectivity index (χ4v) is 18.3. The summed E-state index contributed by atoms with van der Waals surface area (Å²) in [5.41, 5.74) is 40.4. The first-order valence-corrected chi connectivity index (χ1v) is 26.9.